The molecule has 1 N–H and O–H groups in total. The van der Waals surface area contributed by atoms with Gasteiger partial charge in [0.15, 0.2) is 0 Å². The first-order valence-electron chi connectivity index (χ1n) is 8.46. The smallest absolute Gasteiger partial charge is 0.249 e. The van der Waals surface area contributed by atoms with Crippen molar-refractivity contribution in [3.8, 4) is 0 Å². The second kappa shape index (κ2) is 6.70. The number of nitrogens with zero attached hydrogens (tertiary/aromatic N) is 2. The van der Waals surface area contributed by atoms with Gasteiger partial charge in [-0.2, -0.15) is 0 Å². The Morgan fingerprint density at radius 1 is 1.24 bits per heavy atom. The van der Waals surface area contributed by atoms with Crippen molar-refractivity contribution < 1.29 is 14.1 Å². The second-order valence-corrected chi connectivity index (χ2v) is 6.75. The van der Waals surface area contributed by atoms with E-state index in [-0.39, 0.29) is 18.2 Å². The highest BCUT2D eigenvalue weighted by Gasteiger charge is 2.34. The lowest BCUT2D eigenvalue weighted by molar-refractivity contribution is -0.126. The van der Waals surface area contributed by atoms with Crippen molar-refractivity contribution in [1.29, 1.82) is 0 Å². The number of aryl methyl sites for hydroxylation is 4. The van der Waals surface area contributed by atoms with E-state index in [1.165, 1.54) is 5.56 Å². The predicted octanol–water partition coefficient (Wildman–Crippen LogP) is 2.37. The lowest BCUT2D eigenvalue weighted by Crippen LogP contribution is -2.42. The fourth-order valence-corrected chi connectivity index (χ4v) is 3.55. The van der Waals surface area contributed by atoms with Crippen molar-refractivity contribution in [3.05, 3.63) is 46.3 Å². The monoisotopic (exact) mass is 341 g/mol. The fraction of sp³-hybridized carbons (Fsp3) is 0.421. The van der Waals surface area contributed by atoms with E-state index in [4.69, 9.17) is 4.52 Å². The van der Waals surface area contributed by atoms with E-state index in [0.29, 0.717) is 24.4 Å². The van der Waals surface area contributed by atoms with Gasteiger partial charge in [-0.1, -0.05) is 22.9 Å². The number of benzene rings is 1. The first-order chi connectivity index (χ1) is 11.8. The van der Waals surface area contributed by atoms with E-state index in [1.54, 1.807) is 17.9 Å². The molecule has 0 saturated carbocycles. The Bertz CT molecular complexity index is 802. The van der Waals surface area contributed by atoms with Gasteiger partial charge in [0.1, 0.15) is 11.8 Å². The van der Waals surface area contributed by atoms with Crippen LogP contribution in [-0.2, 0) is 16.0 Å². The van der Waals surface area contributed by atoms with Crippen LogP contribution in [0.5, 0.6) is 0 Å². The average molecular weight is 341 g/mol. The van der Waals surface area contributed by atoms with Crippen molar-refractivity contribution in [2.75, 3.05) is 11.4 Å². The highest BCUT2D eigenvalue weighted by molar-refractivity contribution is 6.02. The third-order valence-corrected chi connectivity index (χ3v) is 4.46. The Morgan fingerprint density at radius 2 is 1.92 bits per heavy atom. The van der Waals surface area contributed by atoms with Crippen LogP contribution < -0.4 is 10.2 Å². The molecule has 1 atom stereocenters. The number of hydrogen-bond acceptors (Lipinski definition) is 4. The molecule has 1 aliphatic heterocycles. The van der Waals surface area contributed by atoms with E-state index in [9.17, 15) is 9.59 Å². The molecular weight excluding hydrogens is 318 g/mol. The molecule has 0 spiro atoms. The topological polar surface area (TPSA) is 75.4 Å². The van der Waals surface area contributed by atoms with Crippen molar-refractivity contribution in [2.24, 2.45) is 0 Å². The largest absolute Gasteiger partial charge is 0.361 e. The molecule has 2 amide bonds. The van der Waals surface area contributed by atoms with Crippen LogP contribution in [0.15, 0.2) is 22.7 Å². The number of nitrogens with one attached hydrogen (secondary N) is 1. The van der Waals surface area contributed by atoms with Gasteiger partial charge in [-0.05, 0) is 45.2 Å². The van der Waals surface area contributed by atoms with E-state index in [1.807, 2.05) is 20.8 Å². The van der Waals surface area contributed by atoms with Gasteiger partial charge >= 0.3 is 0 Å². The molecule has 1 aromatic heterocycles. The predicted molar refractivity (Wildman–Crippen MR) is 94.5 cm³/mol. The summed E-state index contributed by atoms with van der Waals surface area (Å²) in [6.07, 6.45) is 0.721. The van der Waals surface area contributed by atoms with E-state index >= 15 is 0 Å². The number of carbonyl (C=O) groups is 2. The van der Waals surface area contributed by atoms with Gasteiger partial charge in [-0.15, -0.1) is 0 Å². The van der Waals surface area contributed by atoms with Crippen molar-refractivity contribution in [2.45, 2.75) is 46.6 Å². The van der Waals surface area contributed by atoms with Crippen LogP contribution >= 0.6 is 0 Å². The summed E-state index contributed by atoms with van der Waals surface area (Å²) < 4.78 is 4.96. The molecule has 2 aromatic rings. The summed E-state index contributed by atoms with van der Waals surface area (Å²) in [5.74, 6) is 0.391. The Kier molecular flexibility index (Phi) is 4.61. The second-order valence-electron chi connectivity index (χ2n) is 6.75. The summed E-state index contributed by atoms with van der Waals surface area (Å²) in [5.41, 5.74) is 4.87. The molecule has 25 heavy (non-hydrogen) atoms. The maximum absolute atomic E-state index is 12.8. The zero-order valence-electron chi connectivity index (χ0n) is 15.0. The number of hydrogen-bond donors (Lipinski definition) is 1. The third-order valence-electron chi connectivity index (χ3n) is 4.46. The summed E-state index contributed by atoms with van der Waals surface area (Å²) in [6.45, 7) is 8.46. The Labute approximate surface area is 147 Å². The molecule has 0 radical (unpaired) electrons. The number of carbonyl (C=O) groups excluding carboxylic acids is 2. The van der Waals surface area contributed by atoms with E-state index in [0.717, 1.165) is 16.8 Å². The van der Waals surface area contributed by atoms with Crippen LogP contribution in [0.3, 0.4) is 0 Å². The van der Waals surface area contributed by atoms with Crippen LogP contribution in [0.1, 0.15) is 34.6 Å². The maximum atomic E-state index is 12.8. The van der Waals surface area contributed by atoms with Crippen LogP contribution in [0, 0.1) is 27.7 Å². The SMILES string of the molecule is Cc1cc(C)c(N2CCC(NC(=O)Cc3cc(C)on3)C2=O)c(C)c1. The van der Waals surface area contributed by atoms with Crippen LogP contribution in [0.4, 0.5) is 5.69 Å². The van der Waals surface area contributed by atoms with Crippen molar-refractivity contribution >= 4 is 17.5 Å². The maximum Gasteiger partial charge on any atom is 0.249 e. The zero-order chi connectivity index (χ0) is 18.1. The molecule has 1 aliphatic rings. The molecule has 2 heterocycles. The van der Waals surface area contributed by atoms with Crippen LogP contribution in [-0.4, -0.2) is 29.6 Å². The average Bonchev–Trinajstić information content (AvgIpc) is 3.06. The van der Waals surface area contributed by atoms with Gasteiger partial charge < -0.3 is 14.7 Å². The molecule has 1 fully saturated rings. The number of rotatable bonds is 4. The first kappa shape index (κ1) is 17.2. The minimum Gasteiger partial charge on any atom is -0.361 e. The normalized spacial score (nSPS) is 17.2. The Balaban J connectivity index is 1.69. The zero-order valence-corrected chi connectivity index (χ0v) is 15.0. The lowest BCUT2D eigenvalue weighted by Gasteiger charge is -2.22. The van der Waals surface area contributed by atoms with Gasteiger partial charge in [0, 0.05) is 18.3 Å². The van der Waals surface area contributed by atoms with Gasteiger partial charge in [-0.25, -0.2) is 0 Å². The number of aromatic nitrogens is 1. The van der Waals surface area contributed by atoms with E-state index in [2.05, 4.69) is 22.6 Å². The van der Waals surface area contributed by atoms with Crippen molar-refractivity contribution in [3.63, 3.8) is 0 Å². The van der Waals surface area contributed by atoms with Gasteiger partial charge in [0.25, 0.3) is 0 Å². The van der Waals surface area contributed by atoms with E-state index < -0.39 is 6.04 Å². The number of amides is 2. The van der Waals surface area contributed by atoms with Gasteiger partial charge in [0.05, 0.1) is 12.1 Å². The minimum absolute atomic E-state index is 0.0558. The first-order valence-corrected chi connectivity index (χ1v) is 8.46. The molecule has 1 aromatic carbocycles. The van der Waals surface area contributed by atoms with Crippen LogP contribution in [0.2, 0.25) is 0 Å². The summed E-state index contributed by atoms with van der Waals surface area (Å²) in [6, 6.07) is 5.39. The molecule has 6 nitrogen and oxygen atoms in total. The highest BCUT2D eigenvalue weighted by atomic mass is 16.5. The van der Waals surface area contributed by atoms with Gasteiger partial charge in [0.2, 0.25) is 11.8 Å². The quantitative estimate of drug-likeness (QED) is 0.926. The van der Waals surface area contributed by atoms with Crippen LogP contribution in [0.25, 0.3) is 0 Å². The summed E-state index contributed by atoms with van der Waals surface area (Å²) in [7, 11) is 0. The molecular formula is C19H23N3O3. The third kappa shape index (κ3) is 3.57. The highest BCUT2D eigenvalue weighted by Crippen LogP contribution is 2.30. The molecule has 132 valence electrons. The summed E-state index contributed by atoms with van der Waals surface area (Å²) in [5, 5.41) is 6.64. The molecule has 0 aliphatic carbocycles. The van der Waals surface area contributed by atoms with Crippen molar-refractivity contribution in [1.82, 2.24) is 10.5 Å². The Morgan fingerprint density at radius 3 is 2.52 bits per heavy atom. The fourth-order valence-electron chi connectivity index (χ4n) is 3.55. The lowest BCUT2D eigenvalue weighted by atomic mass is 10.0. The Hall–Kier alpha value is -2.63. The molecule has 1 unspecified atom stereocenters. The standard InChI is InChI=1S/C19H23N3O3/c1-11-7-12(2)18(13(3)8-11)22-6-5-16(19(22)24)20-17(23)10-15-9-14(4)25-21-15/h7-9,16H,5-6,10H2,1-4H3,(H,20,23). The number of anilines is 1. The summed E-state index contributed by atoms with van der Waals surface area (Å²) in [4.78, 5) is 26.7. The molecule has 3 rings (SSSR count). The van der Waals surface area contributed by atoms with Gasteiger partial charge in [-0.3, -0.25) is 9.59 Å². The molecule has 6 heteroatoms. The molecule has 1 saturated heterocycles. The minimum atomic E-state index is -0.486. The molecule has 0 bridgehead atoms. The summed E-state index contributed by atoms with van der Waals surface area (Å²) >= 11 is 0.